The number of nitrogens with one attached hydrogen (secondary N) is 1. The number of nitrogens with zero attached hydrogens (tertiary/aromatic N) is 6. The Morgan fingerprint density at radius 3 is 2.66 bits per heavy atom. The number of amides is 1. The zero-order valence-corrected chi connectivity index (χ0v) is 17.8. The summed E-state index contributed by atoms with van der Waals surface area (Å²) in [5.74, 6) is 0.406. The number of halogens is 1. The summed E-state index contributed by atoms with van der Waals surface area (Å²) in [6.07, 6.45) is 3.86. The van der Waals surface area contributed by atoms with Crippen molar-refractivity contribution in [2.24, 2.45) is 5.92 Å². The molecule has 1 aliphatic rings. The van der Waals surface area contributed by atoms with Gasteiger partial charge in [0.05, 0.1) is 17.5 Å². The number of nitrogens with two attached hydrogens (primary N) is 1. The quantitative estimate of drug-likeness (QED) is 0.508. The van der Waals surface area contributed by atoms with Crippen molar-refractivity contribution >= 4 is 23.2 Å². The van der Waals surface area contributed by atoms with Gasteiger partial charge in [-0.1, -0.05) is 26.0 Å². The summed E-state index contributed by atoms with van der Waals surface area (Å²) in [5.41, 5.74) is 8.18. The Kier molecular flexibility index (Phi) is 4.40. The van der Waals surface area contributed by atoms with Crippen molar-refractivity contribution in [1.29, 1.82) is 0 Å². The van der Waals surface area contributed by atoms with E-state index in [1.165, 1.54) is 18.5 Å². The molecule has 0 bridgehead atoms. The molecule has 0 saturated heterocycles. The van der Waals surface area contributed by atoms with Crippen molar-refractivity contribution in [3.05, 3.63) is 59.4 Å². The van der Waals surface area contributed by atoms with Crippen LogP contribution in [0.1, 0.15) is 37.6 Å². The minimum atomic E-state index is -1.14. The molecule has 1 amide bonds. The van der Waals surface area contributed by atoms with Gasteiger partial charge in [0.15, 0.2) is 11.5 Å². The molecule has 0 radical (unpaired) electrons. The number of nitrogen functional groups attached to an aromatic ring is 1. The number of aromatic nitrogens is 6. The Morgan fingerprint density at radius 2 is 1.94 bits per heavy atom. The lowest BCUT2D eigenvalue weighted by Crippen LogP contribution is -2.33. The molecule has 1 aromatic carbocycles. The van der Waals surface area contributed by atoms with Crippen LogP contribution in [0, 0.1) is 11.7 Å². The predicted octanol–water partition coefficient (Wildman–Crippen LogP) is 2.76. The second-order valence-electron chi connectivity index (χ2n) is 8.44. The number of rotatable bonds is 4. The van der Waals surface area contributed by atoms with Gasteiger partial charge in [-0.15, -0.1) is 0 Å². The zero-order chi connectivity index (χ0) is 22.6. The SMILES string of the molecule is CC(C)Cc1nc(-c2nc(N)c3c(n2)NC(=O)[C@@]3(C)c2ccc(F)cc2)cn2ncnc12. The Hall–Kier alpha value is -3.95. The summed E-state index contributed by atoms with van der Waals surface area (Å²) in [7, 11) is 0. The van der Waals surface area contributed by atoms with Crippen LogP contribution in [0.2, 0.25) is 0 Å². The highest BCUT2D eigenvalue weighted by atomic mass is 19.1. The molecule has 4 heterocycles. The van der Waals surface area contributed by atoms with Crippen LogP contribution in [0.4, 0.5) is 16.0 Å². The fourth-order valence-electron chi connectivity index (χ4n) is 4.10. The summed E-state index contributed by atoms with van der Waals surface area (Å²) < 4.78 is 15.1. The fraction of sp³-hybridized carbons (Fsp3) is 0.273. The molecule has 9 nitrogen and oxygen atoms in total. The van der Waals surface area contributed by atoms with E-state index in [1.54, 1.807) is 29.8 Å². The molecule has 0 saturated carbocycles. The Morgan fingerprint density at radius 1 is 1.19 bits per heavy atom. The third kappa shape index (κ3) is 2.98. The van der Waals surface area contributed by atoms with Gasteiger partial charge >= 0.3 is 0 Å². The molecule has 0 spiro atoms. The molecule has 1 atom stereocenters. The molecule has 5 rings (SSSR count). The predicted molar refractivity (Wildman–Crippen MR) is 116 cm³/mol. The summed E-state index contributed by atoms with van der Waals surface area (Å²) in [5, 5.41) is 7.03. The van der Waals surface area contributed by atoms with Crippen molar-refractivity contribution in [2.45, 2.75) is 32.6 Å². The van der Waals surface area contributed by atoms with Crippen molar-refractivity contribution < 1.29 is 9.18 Å². The third-order valence-corrected chi connectivity index (χ3v) is 5.71. The summed E-state index contributed by atoms with van der Waals surface area (Å²) in [6, 6.07) is 5.75. The molecule has 32 heavy (non-hydrogen) atoms. The van der Waals surface area contributed by atoms with E-state index < -0.39 is 5.41 Å². The molecule has 1 aliphatic heterocycles. The minimum absolute atomic E-state index is 0.154. The van der Waals surface area contributed by atoms with E-state index in [0.717, 1.165) is 5.69 Å². The minimum Gasteiger partial charge on any atom is -0.383 e. The smallest absolute Gasteiger partial charge is 0.240 e. The highest BCUT2D eigenvalue weighted by Gasteiger charge is 2.47. The van der Waals surface area contributed by atoms with Crippen LogP contribution in [0.15, 0.2) is 36.8 Å². The molecule has 162 valence electrons. The van der Waals surface area contributed by atoms with E-state index in [1.807, 2.05) is 0 Å². The van der Waals surface area contributed by atoms with Crippen molar-refractivity contribution in [1.82, 2.24) is 29.5 Å². The van der Waals surface area contributed by atoms with Crippen LogP contribution in [0.3, 0.4) is 0 Å². The summed E-state index contributed by atoms with van der Waals surface area (Å²) >= 11 is 0. The Balaban J connectivity index is 1.65. The third-order valence-electron chi connectivity index (χ3n) is 5.71. The number of carbonyl (C=O) groups excluding carboxylic acids is 1. The van der Waals surface area contributed by atoms with Gasteiger partial charge in [-0.05, 0) is 37.0 Å². The number of carbonyl (C=O) groups is 1. The normalized spacial score (nSPS) is 17.7. The molecule has 4 aromatic rings. The number of hydrogen-bond donors (Lipinski definition) is 2. The van der Waals surface area contributed by atoms with Gasteiger partial charge in [0.25, 0.3) is 0 Å². The van der Waals surface area contributed by atoms with Crippen LogP contribution in [0.25, 0.3) is 17.2 Å². The van der Waals surface area contributed by atoms with Gasteiger partial charge in [-0.2, -0.15) is 5.10 Å². The number of anilines is 2. The average Bonchev–Trinajstić information content (AvgIpc) is 3.31. The molecule has 3 aromatic heterocycles. The molecular formula is C22H21FN8O. The lowest BCUT2D eigenvalue weighted by molar-refractivity contribution is -0.119. The van der Waals surface area contributed by atoms with Gasteiger partial charge in [0, 0.05) is 0 Å². The monoisotopic (exact) mass is 432 g/mol. The number of fused-ring (bicyclic) bond motifs is 2. The van der Waals surface area contributed by atoms with Crippen LogP contribution in [-0.4, -0.2) is 35.5 Å². The van der Waals surface area contributed by atoms with Gasteiger partial charge < -0.3 is 11.1 Å². The van der Waals surface area contributed by atoms with Gasteiger partial charge in [0.2, 0.25) is 5.91 Å². The standard InChI is InChI=1S/C22H21FN8O/c1-11(2)8-14-20-25-10-26-31(20)9-15(27-14)18-28-17(24)16-19(29-18)30-21(32)22(16,3)12-4-6-13(23)7-5-12/h4-7,9-11H,8H2,1-3H3,(H3,24,28,29,30,32)/t22-/m0/s1. The lowest BCUT2D eigenvalue weighted by atomic mass is 9.78. The maximum Gasteiger partial charge on any atom is 0.240 e. The van der Waals surface area contributed by atoms with E-state index in [2.05, 4.69) is 39.2 Å². The van der Waals surface area contributed by atoms with E-state index >= 15 is 0 Å². The zero-order valence-electron chi connectivity index (χ0n) is 17.8. The van der Waals surface area contributed by atoms with E-state index in [9.17, 15) is 9.18 Å². The maximum absolute atomic E-state index is 13.4. The van der Waals surface area contributed by atoms with Crippen molar-refractivity contribution in [3.8, 4) is 11.5 Å². The van der Waals surface area contributed by atoms with Crippen LogP contribution in [-0.2, 0) is 16.6 Å². The topological polar surface area (TPSA) is 124 Å². The maximum atomic E-state index is 13.4. The molecule has 3 N–H and O–H groups in total. The summed E-state index contributed by atoms with van der Waals surface area (Å²) in [4.78, 5) is 31.0. The van der Waals surface area contributed by atoms with Crippen LogP contribution in [0.5, 0.6) is 0 Å². The molecule has 0 unspecified atom stereocenters. The highest BCUT2D eigenvalue weighted by Crippen LogP contribution is 2.44. The second-order valence-corrected chi connectivity index (χ2v) is 8.44. The molecule has 0 fully saturated rings. The molecule has 10 heteroatoms. The summed E-state index contributed by atoms with van der Waals surface area (Å²) in [6.45, 7) is 5.91. The first-order chi connectivity index (χ1) is 15.3. The van der Waals surface area contributed by atoms with Crippen LogP contribution >= 0.6 is 0 Å². The number of hydrogen-bond acceptors (Lipinski definition) is 7. The molecular weight excluding hydrogens is 411 g/mol. The van der Waals surface area contributed by atoms with E-state index in [-0.39, 0.29) is 23.4 Å². The van der Waals surface area contributed by atoms with Crippen LogP contribution < -0.4 is 11.1 Å². The first-order valence-electron chi connectivity index (χ1n) is 10.2. The van der Waals surface area contributed by atoms with E-state index in [0.29, 0.717) is 40.6 Å². The molecule has 0 aliphatic carbocycles. The highest BCUT2D eigenvalue weighted by molar-refractivity contribution is 6.09. The van der Waals surface area contributed by atoms with E-state index in [4.69, 9.17) is 10.7 Å². The van der Waals surface area contributed by atoms with Gasteiger partial charge in [-0.3, -0.25) is 4.79 Å². The first kappa shape index (κ1) is 20.0. The average molecular weight is 432 g/mol. The largest absolute Gasteiger partial charge is 0.383 e. The Bertz CT molecular complexity index is 1360. The Labute approximate surface area is 182 Å². The van der Waals surface area contributed by atoms with Gasteiger partial charge in [0.1, 0.15) is 34.9 Å². The first-order valence-corrected chi connectivity index (χ1v) is 10.2. The second kappa shape index (κ2) is 7.04. The van der Waals surface area contributed by atoms with Crippen molar-refractivity contribution in [2.75, 3.05) is 11.1 Å². The number of benzene rings is 1. The van der Waals surface area contributed by atoms with Crippen molar-refractivity contribution in [3.63, 3.8) is 0 Å². The lowest BCUT2D eigenvalue weighted by Gasteiger charge is -2.23. The van der Waals surface area contributed by atoms with Gasteiger partial charge in [-0.25, -0.2) is 28.8 Å². The fourth-order valence-corrected chi connectivity index (χ4v) is 4.10.